The van der Waals surface area contributed by atoms with E-state index in [0.29, 0.717) is 5.69 Å². The third kappa shape index (κ3) is 5.27. The number of aromatic carboxylic acids is 1. The van der Waals surface area contributed by atoms with Gasteiger partial charge in [-0.05, 0) is 37.3 Å². The van der Waals surface area contributed by atoms with Crippen LogP contribution in [0.15, 0.2) is 48.7 Å². The molecule has 0 radical (unpaired) electrons. The van der Waals surface area contributed by atoms with E-state index in [1.54, 1.807) is 13.0 Å². The lowest BCUT2D eigenvalue weighted by Crippen LogP contribution is -2.18. The molecule has 0 atom stereocenters. The van der Waals surface area contributed by atoms with Crippen LogP contribution >= 0.6 is 0 Å². The van der Waals surface area contributed by atoms with Gasteiger partial charge in [-0.15, -0.1) is 0 Å². The largest absolute Gasteiger partial charge is 0.508 e. The number of hydrogen-bond acceptors (Lipinski definition) is 4. The lowest BCUT2D eigenvalue weighted by atomic mass is 9.98. The van der Waals surface area contributed by atoms with Crippen LogP contribution in [0.2, 0.25) is 0 Å². The molecule has 0 aliphatic heterocycles. The van der Waals surface area contributed by atoms with Crippen LogP contribution in [-0.2, 0) is 12.4 Å². The average molecular weight is 484 g/mol. The van der Waals surface area contributed by atoms with Crippen LogP contribution in [0.1, 0.15) is 37.5 Å². The third-order valence-corrected chi connectivity index (χ3v) is 4.66. The topological polar surface area (TPSA) is 99.5 Å². The zero-order chi connectivity index (χ0) is 25.4. The smallest absolute Gasteiger partial charge is 0.416 e. The second-order valence-corrected chi connectivity index (χ2v) is 7.16. The van der Waals surface area contributed by atoms with E-state index < -0.39 is 57.9 Å². The van der Waals surface area contributed by atoms with Crippen LogP contribution in [0.3, 0.4) is 0 Å². The molecule has 1 heterocycles. The number of nitrogens with zero attached hydrogens (tertiary/aromatic N) is 1. The Kier molecular flexibility index (Phi) is 6.27. The Morgan fingerprint density at radius 1 is 0.912 bits per heavy atom. The van der Waals surface area contributed by atoms with Crippen LogP contribution in [0, 0.1) is 6.92 Å². The van der Waals surface area contributed by atoms with Crippen LogP contribution in [-0.4, -0.2) is 27.1 Å². The van der Waals surface area contributed by atoms with E-state index in [-0.39, 0.29) is 29.3 Å². The molecule has 6 nitrogen and oxygen atoms in total. The maximum absolute atomic E-state index is 13.1. The molecule has 3 aromatic rings. The van der Waals surface area contributed by atoms with Gasteiger partial charge in [0.15, 0.2) is 0 Å². The first-order valence-corrected chi connectivity index (χ1v) is 9.31. The van der Waals surface area contributed by atoms with Gasteiger partial charge in [-0.25, -0.2) is 4.79 Å². The molecule has 0 fully saturated rings. The lowest BCUT2D eigenvalue weighted by molar-refractivity contribution is -0.143. The first kappa shape index (κ1) is 24.6. The van der Waals surface area contributed by atoms with Crippen molar-refractivity contribution in [2.45, 2.75) is 19.3 Å². The van der Waals surface area contributed by atoms with E-state index in [4.69, 9.17) is 0 Å². The van der Waals surface area contributed by atoms with Crippen molar-refractivity contribution in [2.75, 3.05) is 5.32 Å². The van der Waals surface area contributed by atoms with Gasteiger partial charge in [-0.1, -0.05) is 6.07 Å². The predicted molar refractivity (Wildman–Crippen MR) is 107 cm³/mol. The van der Waals surface area contributed by atoms with Crippen LogP contribution in [0.4, 0.5) is 32.0 Å². The molecule has 178 valence electrons. The zero-order valence-corrected chi connectivity index (χ0v) is 17.0. The molecule has 0 spiro atoms. The fourth-order valence-corrected chi connectivity index (χ4v) is 3.09. The molecule has 12 heteroatoms. The number of carbonyl (C=O) groups excluding carboxylic acids is 1. The van der Waals surface area contributed by atoms with Gasteiger partial charge < -0.3 is 15.5 Å². The number of alkyl halides is 6. The van der Waals surface area contributed by atoms with E-state index in [2.05, 4.69) is 4.98 Å². The summed E-state index contributed by atoms with van der Waals surface area (Å²) in [5.41, 5.74) is -4.80. The maximum Gasteiger partial charge on any atom is 0.416 e. The Bertz CT molecular complexity index is 1240. The van der Waals surface area contributed by atoms with Gasteiger partial charge in [0.05, 0.1) is 22.4 Å². The summed E-state index contributed by atoms with van der Waals surface area (Å²) in [7, 11) is 0. The van der Waals surface area contributed by atoms with Crippen molar-refractivity contribution in [3.05, 3.63) is 76.6 Å². The Balaban J connectivity index is 2.12. The van der Waals surface area contributed by atoms with Crippen molar-refractivity contribution in [1.29, 1.82) is 0 Å². The number of carbonyl (C=O) groups is 2. The molecule has 3 N–H and O–H groups in total. The highest BCUT2D eigenvalue weighted by atomic mass is 19.4. The summed E-state index contributed by atoms with van der Waals surface area (Å²) in [6, 6.07) is 5.18. The normalized spacial score (nSPS) is 11.9. The van der Waals surface area contributed by atoms with Gasteiger partial charge in [-0.2, -0.15) is 26.3 Å². The number of nitrogens with one attached hydrogen (secondary N) is 1. The van der Waals surface area contributed by atoms with Crippen molar-refractivity contribution >= 4 is 17.6 Å². The molecule has 3 rings (SSSR count). The van der Waals surface area contributed by atoms with E-state index in [0.717, 1.165) is 12.1 Å². The second kappa shape index (κ2) is 8.69. The number of amides is 1. The molecule has 0 aliphatic rings. The molecule has 2 aromatic carbocycles. The van der Waals surface area contributed by atoms with Gasteiger partial charge in [0, 0.05) is 34.6 Å². The SMILES string of the molecule is Cc1ccc(-c2cc(O)cc(NC(=O)c3cc(C(F)(F)F)cc(C(F)(F)F)c3)c2C(=O)O)cn1. The molecule has 0 saturated heterocycles. The first-order valence-electron chi connectivity index (χ1n) is 9.31. The average Bonchev–Trinajstić information content (AvgIpc) is 2.72. The summed E-state index contributed by atoms with van der Waals surface area (Å²) in [5, 5.41) is 21.7. The number of aromatic hydroxyl groups is 1. The molecule has 1 amide bonds. The van der Waals surface area contributed by atoms with Crippen molar-refractivity contribution in [3.8, 4) is 16.9 Å². The van der Waals surface area contributed by atoms with Crippen molar-refractivity contribution in [3.63, 3.8) is 0 Å². The summed E-state index contributed by atoms with van der Waals surface area (Å²) < 4.78 is 78.6. The monoisotopic (exact) mass is 484 g/mol. The summed E-state index contributed by atoms with van der Waals surface area (Å²) in [4.78, 5) is 28.6. The Labute approximate surface area is 187 Å². The number of benzene rings is 2. The zero-order valence-electron chi connectivity index (χ0n) is 17.0. The molecule has 0 unspecified atom stereocenters. The van der Waals surface area contributed by atoms with Gasteiger partial charge in [-0.3, -0.25) is 9.78 Å². The van der Waals surface area contributed by atoms with Crippen LogP contribution < -0.4 is 5.32 Å². The quantitative estimate of drug-likeness (QED) is 0.410. The maximum atomic E-state index is 13.1. The number of rotatable bonds is 4. The highest BCUT2D eigenvalue weighted by Crippen LogP contribution is 2.37. The number of hydrogen-bond donors (Lipinski definition) is 3. The molecule has 0 bridgehead atoms. The minimum atomic E-state index is -5.18. The molecule has 0 saturated carbocycles. The number of halogens is 6. The highest BCUT2D eigenvalue weighted by molar-refractivity contribution is 6.10. The summed E-state index contributed by atoms with van der Waals surface area (Å²) in [6.07, 6.45) is -9.07. The van der Waals surface area contributed by atoms with Gasteiger partial charge >= 0.3 is 18.3 Å². The predicted octanol–water partition coefficient (Wildman–Crippen LogP) is 5.75. The number of phenolic OH excluding ortho intramolecular Hbond substituents is 1. The Morgan fingerprint density at radius 2 is 1.50 bits per heavy atom. The Hall–Kier alpha value is -4.09. The summed E-state index contributed by atoms with van der Waals surface area (Å²) in [6.45, 7) is 1.67. The fourth-order valence-electron chi connectivity index (χ4n) is 3.09. The number of carboxylic acids is 1. The van der Waals surface area contributed by atoms with Crippen molar-refractivity contribution < 1.29 is 46.1 Å². The van der Waals surface area contributed by atoms with Crippen LogP contribution in [0.5, 0.6) is 5.75 Å². The number of aryl methyl sites for hydroxylation is 1. The molecule has 1 aromatic heterocycles. The second-order valence-electron chi connectivity index (χ2n) is 7.16. The third-order valence-electron chi connectivity index (χ3n) is 4.66. The Morgan fingerprint density at radius 3 is 1.97 bits per heavy atom. The molecule has 0 aliphatic carbocycles. The number of phenols is 1. The first-order chi connectivity index (χ1) is 15.7. The minimum Gasteiger partial charge on any atom is -0.508 e. The number of carboxylic acid groups (broad SMARTS) is 1. The molecular formula is C22H14F6N2O4. The van der Waals surface area contributed by atoms with Crippen molar-refractivity contribution in [1.82, 2.24) is 4.98 Å². The molecular weight excluding hydrogens is 470 g/mol. The van der Waals surface area contributed by atoms with Crippen LogP contribution in [0.25, 0.3) is 11.1 Å². The van der Waals surface area contributed by atoms with Crippen molar-refractivity contribution in [2.24, 2.45) is 0 Å². The molecule has 34 heavy (non-hydrogen) atoms. The number of pyridine rings is 1. The summed E-state index contributed by atoms with van der Waals surface area (Å²) in [5.74, 6) is -3.54. The fraction of sp³-hybridized carbons (Fsp3) is 0.136. The minimum absolute atomic E-state index is 0.0877. The van der Waals surface area contributed by atoms with E-state index >= 15 is 0 Å². The van der Waals surface area contributed by atoms with E-state index in [1.165, 1.54) is 12.3 Å². The number of aromatic nitrogens is 1. The standard InChI is InChI=1S/C22H14F6N2O4/c1-10-2-3-11(9-29-10)16-7-15(31)8-17(18(16)20(33)34)30-19(32)12-4-13(21(23,24)25)6-14(5-12)22(26,27)28/h2-9,31H,1H3,(H,30,32)(H,33,34). The van der Waals surface area contributed by atoms with E-state index in [1.807, 2.05) is 5.32 Å². The van der Waals surface area contributed by atoms with E-state index in [9.17, 15) is 46.1 Å². The lowest BCUT2D eigenvalue weighted by Gasteiger charge is -2.16. The van der Waals surface area contributed by atoms with Gasteiger partial charge in [0.1, 0.15) is 5.75 Å². The number of anilines is 1. The van der Waals surface area contributed by atoms with Gasteiger partial charge in [0.2, 0.25) is 0 Å². The summed E-state index contributed by atoms with van der Waals surface area (Å²) >= 11 is 0. The van der Waals surface area contributed by atoms with Gasteiger partial charge in [0.25, 0.3) is 5.91 Å². The highest BCUT2D eigenvalue weighted by Gasteiger charge is 2.37.